The van der Waals surface area contributed by atoms with E-state index >= 15 is 0 Å². The molecule has 0 aliphatic rings. The molecule has 3 rings (SSSR count). The van der Waals surface area contributed by atoms with Crippen molar-refractivity contribution in [3.63, 3.8) is 0 Å². The highest BCUT2D eigenvalue weighted by atomic mass is 79.9. The van der Waals surface area contributed by atoms with Crippen molar-refractivity contribution >= 4 is 33.8 Å². The molecule has 2 aromatic heterocycles. The molecule has 126 valence electrons. The monoisotopic (exact) mass is 399 g/mol. The fourth-order valence-corrected chi connectivity index (χ4v) is 3.14. The molecule has 0 bridgehead atoms. The number of carbonyl (C=O) groups excluding carboxylic acids is 2. The topological polar surface area (TPSA) is 80.5 Å². The van der Waals surface area contributed by atoms with Crippen molar-refractivity contribution in [1.29, 1.82) is 0 Å². The smallest absolute Gasteiger partial charge is 0.272 e. The molecule has 1 unspecified atom stereocenters. The molecule has 1 amide bonds. The number of rotatable bonds is 4. The van der Waals surface area contributed by atoms with Crippen LogP contribution < -0.4 is 10.9 Å². The van der Waals surface area contributed by atoms with Gasteiger partial charge < -0.3 is 5.32 Å². The summed E-state index contributed by atoms with van der Waals surface area (Å²) in [4.78, 5) is 40.4. The molecule has 1 atom stereocenters. The maximum Gasteiger partial charge on any atom is 0.272 e. The average Bonchev–Trinajstić information content (AvgIpc) is 2.64. The lowest BCUT2D eigenvalue weighted by Gasteiger charge is -2.16. The second kappa shape index (κ2) is 6.98. The second-order valence-electron chi connectivity index (χ2n) is 5.45. The zero-order valence-corrected chi connectivity index (χ0v) is 14.9. The minimum atomic E-state index is -0.528. The van der Waals surface area contributed by atoms with E-state index in [1.165, 1.54) is 4.40 Å². The fraction of sp³-hybridized carbons (Fsp3) is 0.111. The highest BCUT2D eigenvalue weighted by molar-refractivity contribution is 9.10. The molecule has 0 saturated heterocycles. The lowest BCUT2D eigenvalue weighted by atomic mass is 10.1. The van der Waals surface area contributed by atoms with Gasteiger partial charge in [-0.2, -0.15) is 0 Å². The van der Waals surface area contributed by atoms with Gasteiger partial charge in [0, 0.05) is 17.3 Å². The van der Waals surface area contributed by atoms with E-state index in [1.807, 2.05) is 0 Å². The van der Waals surface area contributed by atoms with Crippen LogP contribution in [0.25, 0.3) is 5.65 Å². The molecule has 0 saturated carbocycles. The quantitative estimate of drug-likeness (QED) is 0.683. The molecule has 1 aromatic carbocycles. The van der Waals surface area contributed by atoms with Gasteiger partial charge >= 0.3 is 0 Å². The second-order valence-corrected chi connectivity index (χ2v) is 6.24. The summed E-state index contributed by atoms with van der Waals surface area (Å²) in [6.07, 6.45) is 2.26. The van der Waals surface area contributed by atoms with Crippen molar-refractivity contribution < 1.29 is 9.59 Å². The number of fused-ring (bicyclic) bond motifs is 1. The van der Waals surface area contributed by atoms with E-state index in [-0.39, 0.29) is 15.6 Å². The van der Waals surface area contributed by atoms with Crippen LogP contribution in [0.15, 0.2) is 57.9 Å². The van der Waals surface area contributed by atoms with Crippen LogP contribution in [0.3, 0.4) is 0 Å². The number of amides is 1. The van der Waals surface area contributed by atoms with E-state index in [0.717, 1.165) is 0 Å². The summed E-state index contributed by atoms with van der Waals surface area (Å²) in [7, 11) is 0. The molecule has 2 heterocycles. The van der Waals surface area contributed by atoms with Crippen molar-refractivity contribution in [3.8, 4) is 0 Å². The van der Waals surface area contributed by atoms with Crippen molar-refractivity contribution in [2.75, 3.05) is 0 Å². The van der Waals surface area contributed by atoms with Crippen LogP contribution in [-0.4, -0.2) is 21.6 Å². The molecule has 0 aliphatic carbocycles. The van der Waals surface area contributed by atoms with Crippen LogP contribution >= 0.6 is 15.9 Å². The Bertz CT molecular complexity index is 1030. The first-order valence-electron chi connectivity index (χ1n) is 7.54. The maximum atomic E-state index is 12.5. The molecular formula is C18H14BrN3O3. The number of benzene rings is 1. The summed E-state index contributed by atoms with van der Waals surface area (Å²) >= 11 is 3.27. The summed E-state index contributed by atoms with van der Waals surface area (Å²) in [5.74, 6) is -0.405. The molecule has 0 aliphatic heterocycles. The molecule has 3 aromatic rings. The summed E-state index contributed by atoms with van der Waals surface area (Å²) in [6, 6.07) is 11.2. The summed E-state index contributed by atoms with van der Waals surface area (Å²) < 4.78 is 1.71. The first-order valence-corrected chi connectivity index (χ1v) is 8.34. The molecule has 25 heavy (non-hydrogen) atoms. The predicted molar refractivity (Wildman–Crippen MR) is 96.9 cm³/mol. The lowest BCUT2D eigenvalue weighted by molar-refractivity contribution is 0.0934. The molecule has 7 heteroatoms. The van der Waals surface area contributed by atoms with E-state index in [9.17, 15) is 14.4 Å². The summed E-state index contributed by atoms with van der Waals surface area (Å²) in [5, 5.41) is 2.78. The first kappa shape index (κ1) is 17.0. The summed E-state index contributed by atoms with van der Waals surface area (Å²) in [6.45, 7) is 1.73. The minimum Gasteiger partial charge on any atom is -0.344 e. The lowest BCUT2D eigenvalue weighted by Crippen LogP contribution is -2.30. The highest BCUT2D eigenvalue weighted by Crippen LogP contribution is 2.19. The van der Waals surface area contributed by atoms with E-state index in [0.29, 0.717) is 23.2 Å². The average molecular weight is 400 g/mol. The SMILES string of the molecule is CC(NC(=O)c1ccccc1C=O)c1nc2ccccn2c(=O)c1Br. The molecule has 1 N–H and O–H groups in total. The molecule has 0 radical (unpaired) electrons. The third kappa shape index (κ3) is 3.23. The van der Waals surface area contributed by atoms with Gasteiger partial charge in [-0.05, 0) is 41.1 Å². The Morgan fingerprint density at radius 3 is 2.72 bits per heavy atom. The van der Waals surface area contributed by atoms with Gasteiger partial charge in [-0.15, -0.1) is 0 Å². The Kier molecular flexibility index (Phi) is 4.76. The number of aromatic nitrogens is 2. The standard InChI is InChI=1S/C18H14BrN3O3/c1-11(20-17(24)13-7-3-2-6-12(13)10-23)16-15(19)18(25)22-9-5-4-8-14(22)21-16/h2-11H,1H3,(H,20,24). The van der Waals surface area contributed by atoms with Crippen molar-refractivity contribution in [1.82, 2.24) is 14.7 Å². The number of nitrogens with one attached hydrogen (secondary N) is 1. The predicted octanol–water partition coefficient (Wildman–Crippen LogP) is 2.76. The third-order valence-electron chi connectivity index (χ3n) is 3.79. The van der Waals surface area contributed by atoms with Crippen molar-refractivity contribution in [3.05, 3.63) is 80.3 Å². The number of carbonyl (C=O) groups is 2. The van der Waals surface area contributed by atoms with Gasteiger partial charge in [-0.1, -0.05) is 24.3 Å². The Morgan fingerprint density at radius 2 is 1.96 bits per heavy atom. The number of pyridine rings is 1. The Hall–Kier alpha value is -2.80. The van der Waals surface area contributed by atoms with Crippen LogP contribution in [0, 0.1) is 0 Å². The number of aldehydes is 1. The molecular weight excluding hydrogens is 386 g/mol. The normalized spacial score (nSPS) is 11.9. The Labute approximate surface area is 151 Å². The number of hydrogen-bond donors (Lipinski definition) is 1. The van der Waals surface area contributed by atoms with E-state index < -0.39 is 11.9 Å². The maximum absolute atomic E-state index is 12.5. The molecule has 0 fully saturated rings. The zero-order chi connectivity index (χ0) is 18.0. The largest absolute Gasteiger partial charge is 0.344 e. The van der Waals surface area contributed by atoms with E-state index in [2.05, 4.69) is 26.2 Å². The first-order chi connectivity index (χ1) is 12.0. The molecule has 0 spiro atoms. The minimum absolute atomic E-state index is 0.255. The fourth-order valence-electron chi connectivity index (χ4n) is 2.52. The van der Waals surface area contributed by atoms with Gasteiger partial charge in [0.1, 0.15) is 10.1 Å². The van der Waals surface area contributed by atoms with Gasteiger partial charge in [-0.25, -0.2) is 4.98 Å². The zero-order valence-electron chi connectivity index (χ0n) is 13.3. The van der Waals surface area contributed by atoms with Crippen LogP contribution in [0.2, 0.25) is 0 Å². The van der Waals surface area contributed by atoms with Crippen LogP contribution in [-0.2, 0) is 0 Å². The highest BCUT2D eigenvalue weighted by Gasteiger charge is 2.19. The Balaban J connectivity index is 1.96. The van der Waals surface area contributed by atoms with Gasteiger partial charge in [0.25, 0.3) is 11.5 Å². The van der Waals surface area contributed by atoms with Crippen LogP contribution in [0.4, 0.5) is 0 Å². The van der Waals surface area contributed by atoms with E-state index in [4.69, 9.17) is 0 Å². The van der Waals surface area contributed by atoms with Gasteiger partial charge in [0.15, 0.2) is 6.29 Å². The van der Waals surface area contributed by atoms with Gasteiger partial charge in [0.2, 0.25) is 0 Å². The third-order valence-corrected chi connectivity index (χ3v) is 4.54. The number of halogens is 1. The van der Waals surface area contributed by atoms with Crippen LogP contribution in [0.5, 0.6) is 0 Å². The number of nitrogens with zero attached hydrogens (tertiary/aromatic N) is 2. The van der Waals surface area contributed by atoms with Gasteiger partial charge in [-0.3, -0.25) is 18.8 Å². The number of hydrogen-bond acceptors (Lipinski definition) is 4. The van der Waals surface area contributed by atoms with Gasteiger partial charge in [0.05, 0.1) is 11.7 Å². The Morgan fingerprint density at radius 1 is 1.24 bits per heavy atom. The molecule has 6 nitrogen and oxygen atoms in total. The van der Waals surface area contributed by atoms with Crippen LogP contribution in [0.1, 0.15) is 39.4 Å². The summed E-state index contributed by atoms with van der Waals surface area (Å²) in [5.41, 5.74) is 1.24. The van der Waals surface area contributed by atoms with Crippen molar-refractivity contribution in [2.45, 2.75) is 13.0 Å². The van der Waals surface area contributed by atoms with E-state index in [1.54, 1.807) is 55.6 Å². The van der Waals surface area contributed by atoms with Crippen molar-refractivity contribution in [2.24, 2.45) is 0 Å².